The predicted octanol–water partition coefficient (Wildman–Crippen LogP) is 2.15. The van der Waals surface area contributed by atoms with Crippen LogP contribution in [0, 0.1) is 13.8 Å². The van der Waals surface area contributed by atoms with Gasteiger partial charge in [-0.2, -0.15) is 0 Å². The van der Waals surface area contributed by atoms with Crippen molar-refractivity contribution in [3.63, 3.8) is 0 Å². The van der Waals surface area contributed by atoms with E-state index in [4.69, 9.17) is 4.74 Å². The highest BCUT2D eigenvalue weighted by Gasteiger charge is 2.23. The molecule has 7 heteroatoms. The molecular weight excluding hydrogens is 334 g/mol. The van der Waals surface area contributed by atoms with Crippen LogP contribution in [0.2, 0.25) is 0 Å². The highest BCUT2D eigenvalue weighted by Crippen LogP contribution is 2.18. The van der Waals surface area contributed by atoms with Gasteiger partial charge in [-0.15, -0.1) is 0 Å². The maximum absolute atomic E-state index is 12.4. The Balaban J connectivity index is 2.11. The molecule has 0 radical (unpaired) electrons. The number of rotatable bonds is 5. The highest BCUT2D eigenvalue weighted by atomic mass is 16.5. The quantitative estimate of drug-likeness (QED) is 0.803. The van der Waals surface area contributed by atoms with Crippen LogP contribution in [0.25, 0.3) is 0 Å². The molecule has 2 N–H and O–H groups in total. The Morgan fingerprint density at radius 3 is 2.42 bits per heavy atom. The summed E-state index contributed by atoms with van der Waals surface area (Å²) in [4.78, 5) is 35.4. The Kier molecular flexibility index (Phi) is 6.16. The molecule has 1 heterocycles. The summed E-state index contributed by atoms with van der Waals surface area (Å²) < 4.78 is 7.21. The minimum atomic E-state index is -1.09. The molecule has 26 heavy (non-hydrogen) atoms. The smallest absolute Gasteiger partial charge is 0.340 e. The highest BCUT2D eigenvalue weighted by molar-refractivity contribution is 5.98. The monoisotopic (exact) mass is 357 g/mol. The Morgan fingerprint density at radius 1 is 1.15 bits per heavy atom. The van der Waals surface area contributed by atoms with Crippen LogP contribution in [0.4, 0.5) is 4.79 Å². The molecule has 0 bridgehead atoms. The summed E-state index contributed by atoms with van der Waals surface area (Å²) >= 11 is 0. The van der Waals surface area contributed by atoms with Crippen molar-refractivity contribution in [3.8, 4) is 0 Å². The van der Waals surface area contributed by atoms with E-state index in [0.29, 0.717) is 12.1 Å². The van der Waals surface area contributed by atoms with E-state index in [1.54, 1.807) is 6.07 Å². The number of carbonyl (C=O) groups is 3. The number of carbonyl (C=O) groups excluding carboxylic acids is 3. The summed E-state index contributed by atoms with van der Waals surface area (Å²) in [6, 6.07) is 11.0. The van der Waals surface area contributed by atoms with Crippen molar-refractivity contribution < 1.29 is 19.1 Å². The average molecular weight is 357 g/mol. The number of urea groups is 1. The van der Waals surface area contributed by atoms with Gasteiger partial charge in [0.1, 0.15) is 0 Å². The minimum Gasteiger partial charge on any atom is -0.449 e. The van der Waals surface area contributed by atoms with Gasteiger partial charge in [0.15, 0.2) is 6.10 Å². The third-order valence-electron chi connectivity index (χ3n) is 4.09. The first-order valence-electron chi connectivity index (χ1n) is 8.27. The van der Waals surface area contributed by atoms with Gasteiger partial charge in [0, 0.05) is 25.0 Å². The summed E-state index contributed by atoms with van der Waals surface area (Å²) in [6.07, 6.45) is -1.09. The van der Waals surface area contributed by atoms with Gasteiger partial charge in [-0.1, -0.05) is 30.3 Å². The average Bonchev–Trinajstić information content (AvgIpc) is 2.90. The Labute approximate surface area is 152 Å². The zero-order valence-electron chi connectivity index (χ0n) is 15.3. The van der Waals surface area contributed by atoms with Crippen molar-refractivity contribution in [3.05, 3.63) is 58.9 Å². The molecule has 3 amide bonds. The maximum Gasteiger partial charge on any atom is 0.340 e. The second kappa shape index (κ2) is 8.33. The zero-order valence-corrected chi connectivity index (χ0v) is 15.3. The molecule has 0 aliphatic carbocycles. The normalized spacial score (nSPS) is 11.5. The fourth-order valence-electron chi connectivity index (χ4n) is 2.57. The van der Waals surface area contributed by atoms with Crippen molar-refractivity contribution in [2.75, 3.05) is 7.05 Å². The molecule has 1 atom stereocenters. The first kappa shape index (κ1) is 19.2. The fraction of sp³-hybridized carbons (Fsp3) is 0.316. The number of amides is 3. The van der Waals surface area contributed by atoms with Gasteiger partial charge < -0.3 is 14.6 Å². The van der Waals surface area contributed by atoms with Gasteiger partial charge in [-0.05, 0) is 32.4 Å². The van der Waals surface area contributed by atoms with E-state index in [1.165, 1.54) is 14.0 Å². The largest absolute Gasteiger partial charge is 0.449 e. The maximum atomic E-state index is 12.4. The van der Waals surface area contributed by atoms with E-state index in [1.807, 2.05) is 48.7 Å². The molecule has 0 unspecified atom stereocenters. The van der Waals surface area contributed by atoms with Crippen LogP contribution in [0.15, 0.2) is 36.4 Å². The number of ether oxygens (including phenoxy) is 1. The van der Waals surface area contributed by atoms with Crippen LogP contribution in [-0.2, 0) is 16.1 Å². The minimum absolute atomic E-state index is 0.401. The molecule has 1 aromatic heterocycles. The summed E-state index contributed by atoms with van der Waals surface area (Å²) in [6.45, 7) is 5.80. The molecular formula is C19H23N3O4. The van der Waals surface area contributed by atoms with Gasteiger partial charge in [0.2, 0.25) is 0 Å². The number of nitrogens with zero attached hydrogens (tertiary/aromatic N) is 1. The van der Waals surface area contributed by atoms with Crippen molar-refractivity contribution in [1.29, 1.82) is 0 Å². The number of hydrogen-bond donors (Lipinski definition) is 2. The second-order valence-corrected chi connectivity index (χ2v) is 5.97. The molecule has 2 aromatic rings. The van der Waals surface area contributed by atoms with Crippen molar-refractivity contribution >= 4 is 17.9 Å². The molecule has 0 saturated heterocycles. The molecule has 1 aromatic carbocycles. The third kappa shape index (κ3) is 4.50. The number of aromatic nitrogens is 1. The van der Waals surface area contributed by atoms with E-state index in [9.17, 15) is 14.4 Å². The first-order valence-corrected chi connectivity index (χ1v) is 8.27. The number of hydrogen-bond acceptors (Lipinski definition) is 4. The SMILES string of the molecule is CNC(=O)NC(=O)[C@@H](C)OC(=O)c1cc(C)n(Cc2ccccc2)c1C. The van der Waals surface area contributed by atoms with Crippen LogP contribution in [0.1, 0.15) is 34.2 Å². The number of benzene rings is 1. The topological polar surface area (TPSA) is 89.4 Å². The van der Waals surface area contributed by atoms with Crippen LogP contribution in [-0.4, -0.2) is 35.6 Å². The molecule has 0 fully saturated rings. The molecule has 0 saturated carbocycles. The lowest BCUT2D eigenvalue weighted by Gasteiger charge is -2.13. The number of imide groups is 1. The Hall–Kier alpha value is -3.09. The van der Waals surface area contributed by atoms with Gasteiger partial charge >= 0.3 is 12.0 Å². The van der Waals surface area contributed by atoms with Crippen molar-refractivity contribution in [2.45, 2.75) is 33.4 Å². The zero-order chi connectivity index (χ0) is 19.3. The van der Waals surface area contributed by atoms with Gasteiger partial charge in [-0.3, -0.25) is 10.1 Å². The van der Waals surface area contributed by atoms with Crippen LogP contribution >= 0.6 is 0 Å². The standard InChI is InChI=1S/C19H23N3O4/c1-12-10-16(13(2)22(12)11-15-8-6-5-7-9-15)18(24)26-14(3)17(23)21-19(25)20-4/h5-10,14H,11H2,1-4H3,(H2,20,21,23,25)/t14-/m1/s1. The van der Waals surface area contributed by atoms with Crippen LogP contribution in [0.5, 0.6) is 0 Å². The summed E-state index contributed by atoms with van der Waals surface area (Å²) in [5, 5.41) is 4.34. The van der Waals surface area contributed by atoms with Gasteiger partial charge in [0.05, 0.1) is 5.56 Å². The van der Waals surface area contributed by atoms with Gasteiger partial charge in [-0.25, -0.2) is 9.59 Å². The summed E-state index contributed by atoms with van der Waals surface area (Å²) in [5.41, 5.74) is 3.20. The Morgan fingerprint density at radius 2 is 1.81 bits per heavy atom. The lowest BCUT2D eigenvalue weighted by molar-refractivity contribution is -0.127. The number of nitrogens with one attached hydrogen (secondary N) is 2. The lowest BCUT2D eigenvalue weighted by Crippen LogP contribution is -2.43. The number of aryl methyl sites for hydroxylation is 1. The Bertz CT molecular complexity index is 812. The molecule has 7 nitrogen and oxygen atoms in total. The third-order valence-corrected chi connectivity index (χ3v) is 4.09. The number of esters is 1. The molecule has 2 rings (SSSR count). The van der Waals surface area contributed by atoms with Crippen molar-refractivity contribution in [2.24, 2.45) is 0 Å². The lowest BCUT2D eigenvalue weighted by atomic mass is 10.2. The van der Waals surface area contributed by atoms with Crippen molar-refractivity contribution in [1.82, 2.24) is 15.2 Å². The van der Waals surface area contributed by atoms with E-state index in [0.717, 1.165) is 17.0 Å². The molecule has 0 spiro atoms. The van der Waals surface area contributed by atoms with E-state index in [-0.39, 0.29) is 0 Å². The molecule has 138 valence electrons. The molecule has 0 aliphatic heterocycles. The van der Waals surface area contributed by atoms with E-state index >= 15 is 0 Å². The predicted molar refractivity (Wildman–Crippen MR) is 96.9 cm³/mol. The second-order valence-electron chi connectivity index (χ2n) is 5.97. The summed E-state index contributed by atoms with van der Waals surface area (Å²) in [7, 11) is 1.39. The van der Waals surface area contributed by atoms with Gasteiger partial charge in [0.25, 0.3) is 5.91 Å². The molecule has 0 aliphatic rings. The van der Waals surface area contributed by atoms with E-state index < -0.39 is 24.0 Å². The van der Waals surface area contributed by atoms with E-state index in [2.05, 4.69) is 10.6 Å². The fourth-order valence-corrected chi connectivity index (χ4v) is 2.57. The van der Waals surface area contributed by atoms with Crippen LogP contribution < -0.4 is 10.6 Å². The van der Waals surface area contributed by atoms with Crippen LogP contribution in [0.3, 0.4) is 0 Å². The first-order chi connectivity index (χ1) is 12.3. The summed E-state index contributed by atoms with van der Waals surface area (Å²) in [5.74, 6) is -1.28.